The number of furan rings is 1. The first-order valence-corrected chi connectivity index (χ1v) is 10.8. The van der Waals surface area contributed by atoms with Crippen LogP contribution in [0.4, 0.5) is 18.9 Å². The Morgan fingerprint density at radius 1 is 1.31 bits per heavy atom. The smallest absolute Gasteiger partial charge is 0.406 e. The Morgan fingerprint density at radius 2 is 2.10 bits per heavy atom. The molecule has 0 fully saturated rings. The number of thioether (sulfide) groups is 1. The number of fused-ring (bicyclic) bond motifs is 3. The first-order valence-electron chi connectivity index (χ1n) is 8.42. The van der Waals surface area contributed by atoms with Crippen LogP contribution in [-0.2, 0) is 16.6 Å². The number of carbonyl (C=O) groups excluding carboxylic acids is 1. The summed E-state index contributed by atoms with van der Waals surface area (Å²) in [5, 5.41) is 0.276. The number of amides is 1. The van der Waals surface area contributed by atoms with Crippen LogP contribution in [0, 0.1) is 0 Å². The van der Waals surface area contributed by atoms with E-state index in [1.165, 1.54) is 30.5 Å². The lowest BCUT2D eigenvalue weighted by Crippen LogP contribution is -2.38. The molecule has 3 heterocycles. The summed E-state index contributed by atoms with van der Waals surface area (Å²) in [6.45, 7) is -1.52. The van der Waals surface area contributed by atoms with Gasteiger partial charge < -0.3 is 14.2 Å². The molecule has 154 valence electrons. The molecule has 12 heteroatoms. The van der Waals surface area contributed by atoms with Gasteiger partial charge in [0.15, 0.2) is 5.17 Å². The van der Waals surface area contributed by atoms with E-state index in [4.69, 9.17) is 4.42 Å². The standard InChI is InChI=1S/C17H14F3N3O4S2/c18-17(19,20)10-22(9-12-2-1-6-27-12)15(24)11-3-4-13-14(8-11)28-16-21-29(25,26)7-5-23(13)16/h1-4,6,8H,5,7,9-10H2. The Hall–Kier alpha value is -2.47. The van der Waals surface area contributed by atoms with E-state index in [0.717, 1.165) is 11.8 Å². The zero-order chi connectivity index (χ0) is 20.8. The van der Waals surface area contributed by atoms with Crippen LogP contribution in [0.5, 0.6) is 0 Å². The molecular weight excluding hydrogens is 431 g/mol. The lowest BCUT2D eigenvalue weighted by Gasteiger charge is -2.24. The molecule has 1 amide bonds. The Labute approximate surface area is 168 Å². The van der Waals surface area contributed by atoms with Crippen molar-refractivity contribution in [3.05, 3.63) is 47.9 Å². The number of anilines is 1. The molecule has 0 unspecified atom stereocenters. The van der Waals surface area contributed by atoms with Crippen molar-refractivity contribution in [3.63, 3.8) is 0 Å². The van der Waals surface area contributed by atoms with E-state index in [1.54, 1.807) is 11.0 Å². The summed E-state index contributed by atoms with van der Waals surface area (Å²) in [7, 11) is -3.53. The lowest BCUT2D eigenvalue weighted by molar-refractivity contribution is -0.142. The maximum Gasteiger partial charge on any atom is 0.406 e. The molecule has 4 rings (SSSR count). The number of nitrogens with zero attached hydrogens (tertiary/aromatic N) is 3. The molecule has 0 spiro atoms. The van der Waals surface area contributed by atoms with Crippen molar-refractivity contribution in [3.8, 4) is 0 Å². The van der Waals surface area contributed by atoms with Crippen molar-refractivity contribution >= 4 is 38.5 Å². The van der Waals surface area contributed by atoms with Crippen LogP contribution in [0.25, 0.3) is 0 Å². The number of carbonyl (C=O) groups is 1. The highest BCUT2D eigenvalue weighted by Gasteiger charge is 2.36. The minimum atomic E-state index is -4.57. The molecule has 0 saturated heterocycles. The zero-order valence-electron chi connectivity index (χ0n) is 14.7. The highest BCUT2D eigenvalue weighted by molar-refractivity contribution is 8.15. The number of halogens is 3. The van der Waals surface area contributed by atoms with Gasteiger partial charge in [0, 0.05) is 17.0 Å². The summed E-state index contributed by atoms with van der Waals surface area (Å²) in [6.07, 6.45) is -3.25. The molecule has 7 nitrogen and oxygen atoms in total. The van der Waals surface area contributed by atoms with Gasteiger partial charge in [-0.3, -0.25) is 4.79 Å². The lowest BCUT2D eigenvalue weighted by atomic mass is 10.1. The normalized spacial score (nSPS) is 17.5. The van der Waals surface area contributed by atoms with Gasteiger partial charge in [0.1, 0.15) is 12.3 Å². The van der Waals surface area contributed by atoms with Gasteiger partial charge in [-0.1, -0.05) is 0 Å². The van der Waals surface area contributed by atoms with Crippen molar-refractivity contribution in [1.29, 1.82) is 0 Å². The van der Waals surface area contributed by atoms with E-state index >= 15 is 0 Å². The molecule has 0 aliphatic carbocycles. The second kappa shape index (κ2) is 7.10. The maximum absolute atomic E-state index is 13.0. The SMILES string of the molecule is O=C(c1ccc2c(c1)SC1=NS(=O)(=O)CCN12)N(Cc1ccco1)CC(F)(F)F. The third-order valence-corrected chi connectivity index (χ3v) is 6.61. The highest BCUT2D eigenvalue weighted by Crippen LogP contribution is 2.42. The number of amidine groups is 1. The molecule has 29 heavy (non-hydrogen) atoms. The topological polar surface area (TPSA) is 83.2 Å². The first-order chi connectivity index (χ1) is 13.6. The summed E-state index contributed by atoms with van der Waals surface area (Å²) >= 11 is 1.07. The Morgan fingerprint density at radius 3 is 2.79 bits per heavy atom. The summed E-state index contributed by atoms with van der Waals surface area (Å²) in [4.78, 5) is 15.7. The molecule has 2 aliphatic heterocycles. The van der Waals surface area contributed by atoms with Gasteiger partial charge >= 0.3 is 6.18 Å². The molecule has 1 aromatic heterocycles. The van der Waals surface area contributed by atoms with Gasteiger partial charge in [0.25, 0.3) is 15.9 Å². The number of benzene rings is 1. The maximum atomic E-state index is 13.0. The third-order valence-electron chi connectivity index (χ3n) is 4.30. The summed E-state index contributed by atoms with van der Waals surface area (Å²) < 4.78 is 71.2. The van der Waals surface area contributed by atoms with E-state index in [0.29, 0.717) is 15.5 Å². The van der Waals surface area contributed by atoms with Crippen LogP contribution in [0.2, 0.25) is 0 Å². The number of alkyl halides is 3. The van der Waals surface area contributed by atoms with Crippen molar-refractivity contribution in [1.82, 2.24) is 4.90 Å². The quantitative estimate of drug-likeness (QED) is 0.719. The van der Waals surface area contributed by atoms with Crippen LogP contribution in [0.3, 0.4) is 0 Å². The summed E-state index contributed by atoms with van der Waals surface area (Å²) in [6, 6.07) is 7.50. The molecule has 2 aliphatic rings. The van der Waals surface area contributed by atoms with Gasteiger partial charge in [-0.15, -0.1) is 4.40 Å². The van der Waals surface area contributed by atoms with Crippen molar-refractivity contribution in [2.75, 3.05) is 23.7 Å². The molecule has 2 aromatic rings. The van der Waals surface area contributed by atoms with Gasteiger partial charge in [0.05, 0.1) is 24.2 Å². The number of hydrogen-bond acceptors (Lipinski definition) is 6. The van der Waals surface area contributed by atoms with Crippen LogP contribution in [0.15, 0.2) is 50.3 Å². The van der Waals surface area contributed by atoms with E-state index in [1.807, 2.05) is 0 Å². The van der Waals surface area contributed by atoms with E-state index < -0.39 is 28.7 Å². The van der Waals surface area contributed by atoms with Crippen LogP contribution in [0.1, 0.15) is 16.1 Å². The molecule has 0 atom stereocenters. The van der Waals surface area contributed by atoms with Crippen molar-refractivity contribution in [2.45, 2.75) is 17.6 Å². The Bertz CT molecular complexity index is 1080. The molecule has 1 aromatic carbocycles. The number of sulfonamides is 1. The molecule has 0 saturated carbocycles. The number of hydrogen-bond donors (Lipinski definition) is 0. The number of rotatable bonds is 4. The Balaban J connectivity index is 1.62. The fourth-order valence-corrected chi connectivity index (χ4v) is 5.35. The first kappa shape index (κ1) is 19.8. The Kier molecular flexibility index (Phi) is 4.85. The zero-order valence-corrected chi connectivity index (χ0v) is 16.4. The average Bonchev–Trinajstić information content (AvgIpc) is 3.24. The third kappa shape index (κ3) is 4.27. The summed E-state index contributed by atoms with van der Waals surface area (Å²) in [5.41, 5.74) is 0.740. The van der Waals surface area contributed by atoms with Crippen LogP contribution < -0.4 is 4.90 Å². The average molecular weight is 445 g/mol. The largest absolute Gasteiger partial charge is 0.467 e. The fourth-order valence-electron chi connectivity index (χ4n) is 3.05. The van der Waals surface area contributed by atoms with E-state index in [9.17, 15) is 26.4 Å². The minimum Gasteiger partial charge on any atom is -0.467 e. The van der Waals surface area contributed by atoms with Crippen molar-refractivity contribution in [2.24, 2.45) is 4.40 Å². The molecule has 0 radical (unpaired) electrons. The van der Waals surface area contributed by atoms with Crippen molar-refractivity contribution < 1.29 is 30.8 Å². The predicted octanol–water partition coefficient (Wildman–Crippen LogP) is 3.10. The van der Waals surface area contributed by atoms with Gasteiger partial charge in [-0.05, 0) is 42.1 Å². The van der Waals surface area contributed by atoms with E-state index in [-0.39, 0.29) is 35.3 Å². The van der Waals surface area contributed by atoms with Gasteiger partial charge in [-0.2, -0.15) is 13.2 Å². The van der Waals surface area contributed by atoms with Gasteiger partial charge in [0.2, 0.25) is 0 Å². The fraction of sp³-hybridized carbons (Fsp3) is 0.294. The minimum absolute atomic E-state index is 0.0651. The molecule has 0 N–H and O–H groups in total. The molecular formula is C17H14F3N3O4S2. The highest BCUT2D eigenvalue weighted by atomic mass is 32.2. The summed E-state index contributed by atoms with van der Waals surface area (Å²) in [5.74, 6) is -0.698. The second-order valence-corrected chi connectivity index (χ2v) is 9.22. The van der Waals surface area contributed by atoms with Gasteiger partial charge in [-0.25, -0.2) is 8.42 Å². The molecule has 0 bridgehead atoms. The monoisotopic (exact) mass is 445 g/mol. The van der Waals surface area contributed by atoms with Crippen LogP contribution >= 0.6 is 11.8 Å². The van der Waals surface area contributed by atoms with Crippen LogP contribution in [-0.4, -0.2) is 49.4 Å². The van der Waals surface area contributed by atoms with E-state index in [2.05, 4.69) is 4.40 Å². The predicted molar refractivity (Wildman–Crippen MR) is 100 cm³/mol. The second-order valence-electron chi connectivity index (χ2n) is 6.45.